The van der Waals surface area contributed by atoms with Crippen LogP contribution in [-0.4, -0.2) is 42.6 Å². The maximum Gasteiger partial charge on any atom is 0.224 e. The Bertz CT molecular complexity index is 919. The van der Waals surface area contributed by atoms with Crippen LogP contribution in [0.15, 0.2) is 34.7 Å². The van der Waals surface area contributed by atoms with E-state index >= 15 is 0 Å². The molecule has 0 aliphatic carbocycles. The molecule has 1 fully saturated rings. The molecule has 0 bridgehead atoms. The van der Waals surface area contributed by atoms with E-state index in [0.717, 1.165) is 41.7 Å². The first-order chi connectivity index (χ1) is 12.2. The smallest absolute Gasteiger partial charge is 0.224 e. The van der Waals surface area contributed by atoms with E-state index in [1.54, 1.807) is 6.07 Å². The van der Waals surface area contributed by atoms with Crippen LogP contribution in [0.4, 0.5) is 5.82 Å². The van der Waals surface area contributed by atoms with Gasteiger partial charge >= 0.3 is 0 Å². The van der Waals surface area contributed by atoms with Gasteiger partial charge in [0.2, 0.25) is 5.28 Å². The van der Waals surface area contributed by atoms with E-state index in [9.17, 15) is 4.79 Å². The van der Waals surface area contributed by atoms with Crippen molar-refractivity contribution in [1.82, 2.24) is 9.97 Å². The predicted molar refractivity (Wildman–Crippen MR) is 95.1 cm³/mol. The SMILES string of the molecule is O=CCc1ccc(-c2ccc3c(N4CCOCC4)nc(Cl)nc3c2)o1. The van der Waals surface area contributed by atoms with Gasteiger partial charge < -0.3 is 18.8 Å². The number of halogens is 1. The van der Waals surface area contributed by atoms with E-state index in [1.807, 2.05) is 24.3 Å². The molecule has 0 N–H and O–H groups in total. The molecule has 0 amide bonds. The Hall–Kier alpha value is -2.44. The fraction of sp³-hybridized carbons (Fsp3) is 0.278. The van der Waals surface area contributed by atoms with Gasteiger partial charge in [-0.3, -0.25) is 0 Å². The molecule has 7 heteroatoms. The lowest BCUT2D eigenvalue weighted by Gasteiger charge is -2.28. The number of hydrogen-bond acceptors (Lipinski definition) is 6. The number of fused-ring (bicyclic) bond motifs is 1. The minimum Gasteiger partial charge on any atom is -0.461 e. The first kappa shape index (κ1) is 16.1. The normalized spacial score (nSPS) is 14.8. The van der Waals surface area contributed by atoms with Crippen molar-refractivity contribution in [2.24, 2.45) is 0 Å². The fourth-order valence-corrected chi connectivity index (χ4v) is 3.15. The third-order valence-corrected chi connectivity index (χ3v) is 4.36. The maximum absolute atomic E-state index is 10.6. The van der Waals surface area contributed by atoms with Gasteiger partial charge in [0.1, 0.15) is 23.6 Å². The van der Waals surface area contributed by atoms with Crippen molar-refractivity contribution < 1.29 is 13.9 Å². The summed E-state index contributed by atoms with van der Waals surface area (Å²) in [5, 5.41) is 1.15. The topological polar surface area (TPSA) is 68.5 Å². The van der Waals surface area contributed by atoms with Crippen LogP contribution in [0.3, 0.4) is 0 Å². The molecule has 6 nitrogen and oxygen atoms in total. The van der Waals surface area contributed by atoms with Crippen LogP contribution in [0.2, 0.25) is 5.28 Å². The number of furan rings is 1. The summed E-state index contributed by atoms with van der Waals surface area (Å²) in [6.07, 6.45) is 1.09. The van der Waals surface area contributed by atoms with Crippen molar-refractivity contribution in [3.63, 3.8) is 0 Å². The third-order valence-electron chi connectivity index (χ3n) is 4.19. The Kier molecular flexibility index (Phi) is 4.38. The van der Waals surface area contributed by atoms with Gasteiger partial charge in [-0.1, -0.05) is 6.07 Å². The quantitative estimate of drug-likeness (QED) is 0.528. The number of carbonyl (C=O) groups excluding carboxylic acids is 1. The molecule has 0 spiro atoms. The Morgan fingerprint density at radius 2 is 2.00 bits per heavy atom. The van der Waals surface area contributed by atoms with Crippen molar-refractivity contribution in [3.05, 3.63) is 41.4 Å². The highest BCUT2D eigenvalue weighted by molar-refractivity contribution is 6.28. The molecule has 1 aliphatic heterocycles. The van der Waals surface area contributed by atoms with Crippen molar-refractivity contribution in [1.29, 1.82) is 0 Å². The highest BCUT2D eigenvalue weighted by Crippen LogP contribution is 2.31. The second kappa shape index (κ2) is 6.82. The number of rotatable bonds is 4. The van der Waals surface area contributed by atoms with Crippen molar-refractivity contribution in [2.75, 3.05) is 31.2 Å². The standard InChI is InChI=1S/C18H16ClN3O3/c19-18-20-15-11-12(16-4-2-13(25-16)5-8-23)1-3-14(15)17(21-18)22-6-9-24-10-7-22/h1-4,8,11H,5-7,9-10H2. The summed E-state index contributed by atoms with van der Waals surface area (Å²) in [6, 6.07) is 9.53. The largest absolute Gasteiger partial charge is 0.461 e. The summed E-state index contributed by atoms with van der Waals surface area (Å²) in [7, 11) is 0. The Labute approximate surface area is 149 Å². The summed E-state index contributed by atoms with van der Waals surface area (Å²) in [5.41, 5.74) is 1.64. The van der Waals surface area contributed by atoms with Gasteiger partial charge in [0.15, 0.2) is 0 Å². The predicted octanol–water partition coefficient (Wildman–Crippen LogP) is 3.12. The molecular weight excluding hydrogens is 342 g/mol. The Balaban J connectivity index is 1.76. The second-order valence-corrected chi connectivity index (χ2v) is 6.12. The lowest BCUT2D eigenvalue weighted by atomic mass is 10.1. The molecule has 0 radical (unpaired) electrons. The summed E-state index contributed by atoms with van der Waals surface area (Å²) < 4.78 is 11.1. The number of aldehydes is 1. The van der Waals surface area contributed by atoms with Gasteiger partial charge in [0.25, 0.3) is 0 Å². The summed E-state index contributed by atoms with van der Waals surface area (Å²) in [4.78, 5) is 21.6. The van der Waals surface area contributed by atoms with E-state index in [-0.39, 0.29) is 11.7 Å². The molecule has 2 aromatic heterocycles. The maximum atomic E-state index is 10.6. The molecule has 0 saturated carbocycles. The summed E-state index contributed by atoms with van der Waals surface area (Å²) in [5.74, 6) is 2.16. The van der Waals surface area contributed by atoms with Gasteiger partial charge in [-0.2, -0.15) is 4.98 Å². The highest BCUT2D eigenvalue weighted by atomic mass is 35.5. The van der Waals surface area contributed by atoms with Crippen LogP contribution >= 0.6 is 11.6 Å². The molecule has 3 aromatic rings. The number of hydrogen-bond donors (Lipinski definition) is 0. The van der Waals surface area contributed by atoms with Crippen LogP contribution in [0.5, 0.6) is 0 Å². The number of ether oxygens (including phenoxy) is 1. The minimum atomic E-state index is 0.215. The van der Waals surface area contributed by atoms with Crippen LogP contribution in [0.1, 0.15) is 5.76 Å². The molecule has 1 aliphatic rings. The number of aromatic nitrogens is 2. The molecule has 4 rings (SSSR count). The van der Waals surface area contributed by atoms with Crippen molar-refractivity contribution in [3.8, 4) is 11.3 Å². The van der Waals surface area contributed by atoms with Crippen LogP contribution < -0.4 is 4.90 Å². The van der Waals surface area contributed by atoms with E-state index in [4.69, 9.17) is 20.8 Å². The first-order valence-corrected chi connectivity index (χ1v) is 8.45. The first-order valence-electron chi connectivity index (χ1n) is 8.07. The van der Waals surface area contributed by atoms with Crippen molar-refractivity contribution in [2.45, 2.75) is 6.42 Å². The molecular formula is C18H16ClN3O3. The zero-order valence-corrected chi connectivity index (χ0v) is 14.2. The number of benzene rings is 1. The van der Waals surface area contributed by atoms with Gasteiger partial charge in [-0.25, -0.2) is 4.98 Å². The molecule has 128 valence electrons. The number of nitrogens with zero attached hydrogens (tertiary/aromatic N) is 3. The Morgan fingerprint density at radius 1 is 1.16 bits per heavy atom. The average molecular weight is 358 g/mol. The van der Waals surface area contributed by atoms with Gasteiger partial charge in [-0.05, 0) is 35.9 Å². The van der Waals surface area contributed by atoms with Crippen LogP contribution in [-0.2, 0) is 16.0 Å². The summed E-state index contributed by atoms with van der Waals surface area (Å²) >= 11 is 6.14. The zero-order valence-electron chi connectivity index (χ0n) is 13.4. The third kappa shape index (κ3) is 3.23. The van der Waals surface area contributed by atoms with Gasteiger partial charge in [0.05, 0.1) is 25.2 Å². The molecule has 3 heterocycles. The van der Waals surface area contributed by atoms with Crippen molar-refractivity contribution >= 4 is 34.6 Å². The zero-order chi connectivity index (χ0) is 17.2. The highest BCUT2D eigenvalue weighted by Gasteiger charge is 2.17. The van der Waals surface area contributed by atoms with Gasteiger partial charge in [-0.15, -0.1) is 0 Å². The molecule has 25 heavy (non-hydrogen) atoms. The number of carbonyl (C=O) groups is 1. The summed E-state index contributed by atoms with van der Waals surface area (Å²) in [6.45, 7) is 2.90. The fourth-order valence-electron chi connectivity index (χ4n) is 2.98. The second-order valence-electron chi connectivity index (χ2n) is 5.78. The van der Waals surface area contributed by atoms with E-state index in [1.165, 1.54) is 0 Å². The molecule has 0 atom stereocenters. The van der Waals surface area contributed by atoms with Crippen LogP contribution in [0, 0.1) is 0 Å². The number of anilines is 1. The number of morpholine rings is 1. The molecule has 1 aromatic carbocycles. The minimum absolute atomic E-state index is 0.215. The molecule has 0 unspecified atom stereocenters. The van der Waals surface area contributed by atoms with Gasteiger partial charge in [0, 0.05) is 24.0 Å². The van der Waals surface area contributed by atoms with E-state index in [2.05, 4.69) is 14.9 Å². The lowest BCUT2D eigenvalue weighted by molar-refractivity contribution is -0.107. The monoisotopic (exact) mass is 357 g/mol. The van der Waals surface area contributed by atoms with E-state index < -0.39 is 0 Å². The van der Waals surface area contributed by atoms with Crippen LogP contribution in [0.25, 0.3) is 22.2 Å². The Morgan fingerprint density at radius 3 is 2.80 bits per heavy atom. The lowest BCUT2D eigenvalue weighted by Crippen LogP contribution is -2.37. The van der Waals surface area contributed by atoms with E-state index in [0.29, 0.717) is 24.7 Å². The molecule has 1 saturated heterocycles. The average Bonchev–Trinajstić information content (AvgIpc) is 3.10.